The molecule has 1 rings (SSSR count). The highest BCUT2D eigenvalue weighted by atomic mass is 16.5. The second-order valence-corrected chi connectivity index (χ2v) is 4.46. The van der Waals surface area contributed by atoms with Gasteiger partial charge in [0.15, 0.2) is 0 Å². The number of nitriles is 1. The van der Waals surface area contributed by atoms with Gasteiger partial charge in [-0.3, -0.25) is 9.69 Å². The number of nitrogens with zero attached hydrogens (tertiary/aromatic N) is 2. The summed E-state index contributed by atoms with van der Waals surface area (Å²) in [4.78, 5) is 13.7. The fourth-order valence-corrected chi connectivity index (χ4v) is 2.08. The Morgan fingerprint density at radius 2 is 2.50 bits per heavy atom. The summed E-state index contributed by atoms with van der Waals surface area (Å²) in [6.07, 6.45) is 2.35. The van der Waals surface area contributed by atoms with Crippen LogP contribution in [0.2, 0.25) is 0 Å². The standard InChI is InChI=1S/C12H22N4O2/c1-18-8-7-16(9-11-3-2-5-14-11)10-12(17)15-6-4-13/h11,14H,2-3,5-10H2,1H3,(H,15,17). The first-order valence-electron chi connectivity index (χ1n) is 6.34. The Labute approximate surface area is 108 Å². The summed E-state index contributed by atoms with van der Waals surface area (Å²) < 4.78 is 5.05. The lowest BCUT2D eigenvalue weighted by Gasteiger charge is -2.24. The van der Waals surface area contributed by atoms with Crippen molar-refractivity contribution in [1.82, 2.24) is 15.5 Å². The minimum absolute atomic E-state index is 0.0681. The van der Waals surface area contributed by atoms with Crippen molar-refractivity contribution in [1.29, 1.82) is 5.26 Å². The van der Waals surface area contributed by atoms with Crippen molar-refractivity contribution < 1.29 is 9.53 Å². The van der Waals surface area contributed by atoms with E-state index in [0.29, 0.717) is 19.2 Å². The van der Waals surface area contributed by atoms with E-state index in [9.17, 15) is 4.79 Å². The van der Waals surface area contributed by atoms with Gasteiger partial charge in [0.25, 0.3) is 0 Å². The topological polar surface area (TPSA) is 77.4 Å². The van der Waals surface area contributed by atoms with Crippen molar-refractivity contribution in [3.63, 3.8) is 0 Å². The molecule has 0 saturated carbocycles. The third kappa shape index (κ3) is 5.96. The van der Waals surface area contributed by atoms with Gasteiger partial charge in [-0.25, -0.2) is 0 Å². The Morgan fingerprint density at radius 1 is 1.67 bits per heavy atom. The van der Waals surface area contributed by atoms with Crippen molar-refractivity contribution in [3.05, 3.63) is 0 Å². The largest absolute Gasteiger partial charge is 0.383 e. The van der Waals surface area contributed by atoms with Crippen molar-refractivity contribution in [2.45, 2.75) is 18.9 Å². The maximum Gasteiger partial charge on any atom is 0.235 e. The summed E-state index contributed by atoms with van der Waals surface area (Å²) in [5.74, 6) is -0.106. The SMILES string of the molecule is COCCN(CC(=O)NCC#N)CC1CCCN1. The van der Waals surface area contributed by atoms with Crippen LogP contribution in [-0.2, 0) is 9.53 Å². The lowest BCUT2D eigenvalue weighted by atomic mass is 10.2. The minimum atomic E-state index is -0.106. The number of ether oxygens (including phenoxy) is 1. The van der Waals surface area contributed by atoms with Gasteiger partial charge >= 0.3 is 0 Å². The average Bonchev–Trinajstić information content (AvgIpc) is 2.86. The number of carbonyl (C=O) groups excluding carboxylic acids is 1. The predicted molar refractivity (Wildman–Crippen MR) is 68.0 cm³/mol. The van der Waals surface area contributed by atoms with Crippen LogP contribution in [0.1, 0.15) is 12.8 Å². The van der Waals surface area contributed by atoms with Gasteiger partial charge in [-0.05, 0) is 19.4 Å². The number of hydrogen-bond donors (Lipinski definition) is 2. The molecule has 0 spiro atoms. The second kappa shape index (κ2) is 8.86. The maximum atomic E-state index is 11.6. The summed E-state index contributed by atoms with van der Waals surface area (Å²) in [6.45, 7) is 3.64. The van der Waals surface area contributed by atoms with Crippen molar-refractivity contribution >= 4 is 5.91 Å². The summed E-state index contributed by atoms with van der Waals surface area (Å²) in [5, 5.41) is 14.4. The molecule has 1 amide bonds. The first kappa shape index (κ1) is 14.9. The van der Waals surface area contributed by atoms with E-state index in [4.69, 9.17) is 10.00 Å². The van der Waals surface area contributed by atoms with E-state index >= 15 is 0 Å². The maximum absolute atomic E-state index is 11.6. The van der Waals surface area contributed by atoms with Crippen molar-refractivity contribution in [2.75, 3.05) is 46.4 Å². The van der Waals surface area contributed by atoms with Crippen LogP contribution in [0.5, 0.6) is 0 Å². The summed E-state index contributed by atoms with van der Waals surface area (Å²) in [5.41, 5.74) is 0. The van der Waals surface area contributed by atoms with Crippen LogP contribution in [0.3, 0.4) is 0 Å². The zero-order chi connectivity index (χ0) is 13.2. The number of hydrogen-bond acceptors (Lipinski definition) is 5. The molecule has 102 valence electrons. The number of methoxy groups -OCH3 is 1. The zero-order valence-corrected chi connectivity index (χ0v) is 10.9. The van der Waals surface area contributed by atoms with Crippen molar-refractivity contribution in [3.8, 4) is 6.07 Å². The Balaban J connectivity index is 2.33. The van der Waals surface area contributed by atoms with Gasteiger partial charge in [-0.1, -0.05) is 0 Å². The first-order valence-corrected chi connectivity index (χ1v) is 6.34. The molecule has 0 aromatic heterocycles. The Morgan fingerprint density at radius 3 is 3.11 bits per heavy atom. The lowest BCUT2D eigenvalue weighted by molar-refractivity contribution is -0.122. The summed E-state index contributed by atoms with van der Waals surface area (Å²) >= 11 is 0. The van der Waals surface area contributed by atoms with Crippen LogP contribution in [-0.4, -0.2) is 63.3 Å². The highest BCUT2D eigenvalue weighted by Crippen LogP contribution is 2.06. The number of amides is 1. The molecule has 6 heteroatoms. The van der Waals surface area contributed by atoms with Crippen LogP contribution in [0.4, 0.5) is 0 Å². The van der Waals surface area contributed by atoms with Gasteiger partial charge in [0.05, 0.1) is 19.2 Å². The summed E-state index contributed by atoms with van der Waals surface area (Å²) in [7, 11) is 1.65. The van der Waals surface area contributed by atoms with E-state index in [-0.39, 0.29) is 12.5 Å². The molecule has 1 heterocycles. The molecule has 1 aliphatic rings. The lowest BCUT2D eigenvalue weighted by Crippen LogP contribution is -2.44. The molecule has 0 aromatic rings. The zero-order valence-electron chi connectivity index (χ0n) is 10.9. The molecule has 0 radical (unpaired) electrons. The third-order valence-electron chi connectivity index (χ3n) is 2.98. The van der Waals surface area contributed by atoms with Crippen LogP contribution < -0.4 is 10.6 Å². The molecule has 1 unspecified atom stereocenters. The molecule has 1 atom stereocenters. The van der Waals surface area contributed by atoms with E-state index in [0.717, 1.165) is 26.1 Å². The monoisotopic (exact) mass is 254 g/mol. The molecule has 1 fully saturated rings. The van der Waals surface area contributed by atoms with Gasteiger partial charge in [0.1, 0.15) is 6.54 Å². The van der Waals surface area contributed by atoms with Crippen LogP contribution in [0, 0.1) is 11.3 Å². The Bertz CT molecular complexity index is 284. The number of carbonyl (C=O) groups is 1. The molecular formula is C12H22N4O2. The van der Waals surface area contributed by atoms with Crippen LogP contribution in [0.25, 0.3) is 0 Å². The van der Waals surface area contributed by atoms with Gasteiger partial charge in [-0.2, -0.15) is 5.26 Å². The normalized spacial score (nSPS) is 18.8. The van der Waals surface area contributed by atoms with E-state index in [1.54, 1.807) is 7.11 Å². The molecule has 6 nitrogen and oxygen atoms in total. The molecule has 0 aromatic carbocycles. The Hall–Kier alpha value is -1.16. The molecule has 18 heavy (non-hydrogen) atoms. The molecule has 2 N–H and O–H groups in total. The van der Waals surface area contributed by atoms with Gasteiger partial charge in [-0.15, -0.1) is 0 Å². The molecular weight excluding hydrogens is 232 g/mol. The van der Waals surface area contributed by atoms with E-state index < -0.39 is 0 Å². The van der Waals surface area contributed by atoms with Gasteiger partial charge < -0.3 is 15.4 Å². The summed E-state index contributed by atoms with van der Waals surface area (Å²) in [6, 6.07) is 2.36. The predicted octanol–water partition coefficient (Wildman–Crippen LogP) is -0.673. The fourth-order valence-electron chi connectivity index (χ4n) is 2.08. The highest BCUT2D eigenvalue weighted by molar-refractivity contribution is 5.78. The number of nitrogens with one attached hydrogen (secondary N) is 2. The average molecular weight is 254 g/mol. The highest BCUT2D eigenvalue weighted by Gasteiger charge is 2.19. The third-order valence-corrected chi connectivity index (χ3v) is 2.98. The molecule has 1 saturated heterocycles. The molecule has 0 aliphatic carbocycles. The van der Waals surface area contributed by atoms with Crippen molar-refractivity contribution in [2.24, 2.45) is 0 Å². The number of rotatable bonds is 8. The minimum Gasteiger partial charge on any atom is -0.383 e. The first-order chi connectivity index (χ1) is 8.76. The van der Waals surface area contributed by atoms with E-state index in [2.05, 4.69) is 15.5 Å². The van der Waals surface area contributed by atoms with Crippen LogP contribution >= 0.6 is 0 Å². The van der Waals surface area contributed by atoms with E-state index in [1.165, 1.54) is 6.42 Å². The smallest absolute Gasteiger partial charge is 0.235 e. The molecule has 0 bridgehead atoms. The Kier molecular flexibility index (Phi) is 7.34. The second-order valence-electron chi connectivity index (χ2n) is 4.46. The molecule has 1 aliphatic heterocycles. The quantitative estimate of drug-likeness (QED) is 0.562. The fraction of sp³-hybridized carbons (Fsp3) is 0.833. The van der Waals surface area contributed by atoms with E-state index in [1.807, 2.05) is 6.07 Å². The van der Waals surface area contributed by atoms with Gasteiger partial charge in [0, 0.05) is 26.2 Å². The van der Waals surface area contributed by atoms with Gasteiger partial charge in [0.2, 0.25) is 5.91 Å². The van der Waals surface area contributed by atoms with Crippen LogP contribution in [0.15, 0.2) is 0 Å².